The Morgan fingerprint density at radius 1 is 1.33 bits per heavy atom. The molecule has 0 saturated carbocycles. The van der Waals surface area contributed by atoms with Crippen molar-refractivity contribution in [3.63, 3.8) is 0 Å². The molecule has 4 heteroatoms. The van der Waals surface area contributed by atoms with Crippen molar-refractivity contribution in [2.24, 2.45) is 5.73 Å². The van der Waals surface area contributed by atoms with Crippen molar-refractivity contribution >= 4 is 5.91 Å². The maximum absolute atomic E-state index is 11.5. The van der Waals surface area contributed by atoms with E-state index in [1.165, 1.54) is 5.56 Å². The van der Waals surface area contributed by atoms with Crippen LogP contribution in [-0.2, 0) is 17.9 Å². The topological polar surface area (TPSA) is 58.4 Å². The van der Waals surface area contributed by atoms with Gasteiger partial charge in [-0.2, -0.15) is 0 Å². The molecule has 18 heavy (non-hydrogen) atoms. The lowest BCUT2D eigenvalue weighted by Crippen LogP contribution is -2.36. The maximum atomic E-state index is 11.5. The molecule has 0 radical (unpaired) electrons. The molecular weight excluding hydrogens is 226 g/mol. The second kappa shape index (κ2) is 7.84. The van der Waals surface area contributed by atoms with Gasteiger partial charge in [0.25, 0.3) is 0 Å². The van der Waals surface area contributed by atoms with Gasteiger partial charge in [0.1, 0.15) is 0 Å². The Morgan fingerprint density at radius 2 is 2.00 bits per heavy atom. The molecule has 4 nitrogen and oxygen atoms in total. The number of hydrogen-bond acceptors (Lipinski definition) is 3. The standard InChI is InChI=1S/C14H23N3O/c1-3-8-17(11-14(18)16-2)10-13-7-5-4-6-12(13)9-15/h4-7H,3,8-11,15H2,1-2H3,(H,16,18). The summed E-state index contributed by atoms with van der Waals surface area (Å²) in [7, 11) is 1.67. The van der Waals surface area contributed by atoms with Gasteiger partial charge in [0.05, 0.1) is 6.54 Å². The van der Waals surface area contributed by atoms with Crippen LogP contribution in [-0.4, -0.2) is 30.9 Å². The lowest BCUT2D eigenvalue weighted by Gasteiger charge is -2.22. The lowest BCUT2D eigenvalue weighted by molar-refractivity contribution is -0.121. The SMILES string of the molecule is CCCN(CC(=O)NC)Cc1ccccc1CN. The van der Waals surface area contributed by atoms with E-state index in [1.54, 1.807) is 7.05 Å². The largest absolute Gasteiger partial charge is 0.358 e. The molecule has 1 aromatic rings. The summed E-state index contributed by atoms with van der Waals surface area (Å²) >= 11 is 0. The van der Waals surface area contributed by atoms with E-state index in [-0.39, 0.29) is 5.91 Å². The van der Waals surface area contributed by atoms with Crippen LogP contribution in [0.15, 0.2) is 24.3 Å². The predicted octanol–water partition coefficient (Wildman–Crippen LogP) is 1.10. The van der Waals surface area contributed by atoms with Gasteiger partial charge in [-0.3, -0.25) is 9.69 Å². The Hall–Kier alpha value is -1.39. The fourth-order valence-electron chi connectivity index (χ4n) is 1.96. The first kappa shape index (κ1) is 14.7. The van der Waals surface area contributed by atoms with Crippen molar-refractivity contribution in [2.45, 2.75) is 26.4 Å². The zero-order valence-electron chi connectivity index (χ0n) is 11.3. The Morgan fingerprint density at radius 3 is 2.56 bits per heavy atom. The highest BCUT2D eigenvalue weighted by atomic mass is 16.1. The van der Waals surface area contributed by atoms with Crippen LogP contribution in [0.25, 0.3) is 0 Å². The van der Waals surface area contributed by atoms with E-state index in [0.717, 1.165) is 25.1 Å². The van der Waals surface area contributed by atoms with Gasteiger partial charge >= 0.3 is 0 Å². The molecule has 0 fully saturated rings. The molecule has 0 spiro atoms. The minimum absolute atomic E-state index is 0.0497. The van der Waals surface area contributed by atoms with Crippen LogP contribution in [0, 0.1) is 0 Å². The molecule has 0 aliphatic rings. The first-order valence-electron chi connectivity index (χ1n) is 6.41. The first-order chi connectivity index (χ1) is 8.71. The first-order valence-corrected chi connectivity index (χ1v) is 6.41. The lowest BCUT2D eigenvalue weighted by atomic mass is 10.1. The summed E-state index contributed by atoms with van der Waals surface area (Å²) in [5.41, 5.74) is 8.08. The second-order valence-electron chi connectivity index (χ2n) is 4.36. The minimum Gasteiger partial charge on any atom is -0.358 e. The molecule has 1 rings (SSSR count). The second-order valence-corrected chi connectivity index (χ2v) is 4.36. The summed E-state index contributed by atoms with van der Waals surface area (Å²) in [5, 5.41) is 2.66. The number of nitrogens with one attached hydrogen (secondary N) is 1. The van der Waals surface area contributed by atoms with Gasteiger partial charge in [0.2, 0.25) is 5.91 Å². The van der Waals surface area contributed by atoms with Gasteiger partial charge in [-0.25, -0.2) is 0 Å². The molecule has 0 aliphatic heterocycles. The van der Waals surface area contributed by atoms with Gasteiger partial charge < -0.3 is 11.1 Å². The Balaban J connectivity index is 2.72. The fraction of sp³-hybridized carbons (Fsp3) is 0.500. The smallest absolute Gasteiger partial charge is 0.233 e. The van der Waals surface area contributed by atoms with E-state index in [0.29, 0.717) is 13.1 Å². The number of rotatable bonds is 7. The molecule has 0 saturated heterocycles. The van der Waals surface area contributed by atoms with Crippen LogP contribution >= 0.6 is 0 Å². The van der Waals surface area contributed by atoms with E-state index in [2.05, 4.69) is 23.2 Å². The quantitative estimate of drug-likeness (QED) is 0.761. The number of nitrogens with zero attached hydrogens (tertiary/aromatic N) is 1. The van der Waals surface area contributed by atoms with Crippen LogP contribution in [0.3, 0.4) is 0 Å². The normalized spacial score (nSPS) is 10.7. The van der Waals surface area contributed by atoms with Gasteiger partial charge in [0.15, 0.2) is 0 Å². The van der Waals surface area contributed by atoms with Crippen molar-refractivity contribution in [3.05, 3.63) is 35.4 Å². The summed E-state index contributed by atoms with van der Waals surface area (Å²) < 4.78 is 0. The third-order valence-corrected chi connectivity index (χ3v) is 2.92. The van der Waals surface area contributed by atoms with Crippen molar-refractivity contribution < 1.29 is 4.79 Å². The molecule has 1 amide bonds. The molecule has 0 atom stereocenters. The van der Waals surface area contributed by atoms with Gasteiger partial charge in [-0.05, 0) is 24.1 Å². The summed E-state index contributed by atoms with van der Waals surface area (Å²) in [6.45, 7) is 4.77. The van der Waals surface area contributed by atoms with Crippen molar-refractivity contribution in [1.82, 2.24) is 10.2 Å². The summed E-state index contributed by atoms with van der Waals surface area (Å²) in [5.74, 6) is 0.0497. The Kier molecular flexibility index (Phi) is 6.39. The Bertz CT molecular complexity index is 379. The van der Waals surface area contributed by atoms with Crippen molar-refractivity contribution in [3.8, 4) is 0 Å². The third kappa shape index (κ3) is 4.47. The number of amides is 1. The Labute approximate surface area is 109 Å². The maximum Gasteiger partial charge on any atom is 0.233 e. The van der Waals surface area contributed by atoms with E-state index in [4.69, 9.17) is 5.73 Å². The fourth-order valence-corrected chi connectivity index (χ4v) is 1.96. The molecule has 100 valence electrons. The number of carbonyl (C=O) groups excluding carboxylic acids is 1. The summed E-state index contributed by atoms with van der Waals surface area (Å²) in [6, 6.07) is 8.13. The van der Waals surface area contributed by atoms with Gasteiger partial charge in [0, 0.05) is 20.1 Å². The summed E-state index contributed by atoms with van der Waals surface area (Å²) in [4.78, 5) is 13.6. The average molecular weight is 249 g/mol. The van der Waals surface area contributed by atoms with Crippen LogP contribution < -0.4 is 11.1 Å². The third-order valence-electron chi connectivity index (χ3n) is 2.92. The number of likely N-dealkylation sites (N-methyl/N-ethyl adjacent to an activating group) is 1. The monoisotopic (exact) mass is 249 g/mol. The number of benzene rings is 1. The number of hydrogen-bond donors (Lipinski definition) is 2. The molecule has 0 aliphatic carbocycles. The number of nitrogens with two attached hydrogens (primary N) is 1. The van der Waals surface area contributed by atoms with Crippen molar-refractivity contribution in [2.75, 3.05) is 20.1 Å². The zero-order valence-corrected chi connectivity index (χ0v) is 11.3. The molecular formula is C14H23N3O. The van der Waals surface area contributed by atoms with Crippen LogP contribution in [0.1, 0.15) is 24.5 Å². The minimum atomic E-state index is 0.0497. The van der Waals surface area contributed by atoms with E-state index < -0.39 is 0 Å². The molecule has 0 heterocycles. The highest BCUT2D eigenvalue weighted by Gasteiger charge is 2.11. The van der Waals surface area contributed by atoms with E-state index in [1.807, 2.05) is 18.2 Å². The van der Waals surface area contributed by atoms with E-state index in [9.17, 15) is 4.79 Å². The molecule has 0 bridgehead atoms. The van der Waals surface area contributed by atoms with Crippen LogP contribution in [0.2, 0.25) is 0 Å². The predicted molar refractivity (Wildman–Crippen MR) is 74.0 cm³/mol. The molecule has 0 aromatic heterocycles. The molecule has 0 unspecified atom stereocenters. The van der Waals surface area contributed by atoms with Crippen LogP contribution in [0.4, 0.5) is 0 Å². The highest BCUT2D eigenvalue weighted by molar-refractivity contribution is 5.77. The average Bonchev–Trinajstić information content (AvgIpc) is 2.39. The zero-order chi connectivity index (χ0) is 13.4. The number of carbonyl (C=O) groups is 1. The molecule has 1 aromatic carbocycles. The van der Waals surface area contributed by atoms with E-state index >= 15 is 0 Å². The highest BCUT2D eigenvalue weighted by Crippen LogP contribution is 2.11. The summed E-state index contributed by atoms with van der Waals surface area (Å²) in [6.07, 6.45) is 1.03. The molecule has 3 N–H and O–H groups in total. The van der Waals surface area contributed by atoms with Gasteiger partial charge in [-0.1, -0.05) is 31.2 Å². The van der Waals surface area contributed by atoms with Crippen molar-refractivity contribution in [1.29, 1.82) is 0 Å². The van der Waals surface area contributed by atoms with Gasteiger partial charge in [-0.15, -0.1) is 0 Å². The van der Waals surface area contributed by atoms with Crippen LogP contribution in [0.5, 0.6) is 0 Å².